The first-order chi connectivity index (χ1) is 10.2. The Balaban J connectivity index is 2.01. The summed E-state index contributed by atoms with van der Waals surface area (Å²) in [4.78, 5) is 12.2. The molecule has 0 aromatic heterocycles. The number of carbonyl (C=O) groups excluding carboxylic acids is 1. The summed E-state index contributed by atoms with van der Waals surface area (Å²) >= 11 is 3.41. The van der Waals surface area contributed by atoms with Gasteiger partial charge in [-0.15, -0.1) is 23.5 Å². The van der Waals surface area contributed by atoms with Gasteiger partial charge in [-0.2, -0.15) is 0 Å². The molecule has 1 aliphatic heterocycles. The van der Waals surface area contributed by atoms with Gasteiger partial charge in [0.05, 0.1) is 19.3 Å². The van der Waals surface area contributed by atoms with E-state index in [1.165, 1.54) is 0 Å². The van der Waals surface area contributed by atoms with Gasteiger partial charge in [0.15, 0.2) is 0 Å². The second-order valence-electron chi connectivity index (χ2n) is 4.59. The monoisotopic (exact) mass is 327 g/mol. The van der Waals surface area contributed by atoms with E-state index in [1.807, 2.05) is 31.2 Å². The third kappa shape index (κ3) is 4.83. The first-order valence-electron chi connectivity index (χ1n) is 7.00. The molecule has 1 amide bonds. The first-order valence-corrected chi connectivity index (χ1v) is 9.09. The second-order valence-corrected chi connectivity index (χ2v) is 7.32. The van der Waals surface area contributed by atoms with Gasteiger partial charge in [-0.25, -0.2) is 0 Å². The van der Waals surface area contributed by atoms with Crippen LogP contribution in [0.25, 0.3) is 0 Å². The largest absolute Gasteiger partial charge is 0.494 e. The lowest BCUT2D eigenvalue weighted by molar-refractivity contribution is -0.120. The Morgan fingerprint density at radius 1 is 1.33 bits per heavy atom. The molecular formula is C15H21NO3S2. The van der Waals surface area contributed by atoms with Crippen LogP contribution in [0.2, 0.25) is 0 Å². The van der Waals surface area contributed by atoms with E-state index in [9.17, 15) is 4.79 Å². The van der Waals surface area contributed by atoms with Crippen molar-refractivity contribution in [3.8, 4) is 5.75 Å². The average molecular weight is 327 g/mol. The van der Waals surface area contributed by atoms with E-state index in [0.29, 0.717) is 13.2 Å². The standard InChI is InChI=1S/C15H21NO3S2/c1-3-19-12-6-4-11(5-7-12)13(10-18-2)16-14(17)15-20-8-9-21-15/h4-7,13,15H,3,8-10H2,1-2H3,(H,16,17)/t13-/m0/s1. The smallest absolute Gasteiger partial charge is 0.243 e. The van der Waals surface area contributed by atoms with Crippen molar-refractivity contribution in [2.75, 3.05) is 31.8 Å². The Labute approximate surface area is 134 Å². The van der Waals surface area contributed by atoms with Crippen LogP contribution in [0.1, 0.15) is 18.5 Å². The van der Waals surface area contributed by atoms with Gasteiger partial charge in [0.1, 0.15) is 10.3 Å². The zero-order valence-electron chi connectivity index (χ0n) is 12.3. The van der Waals surface area contributed by atoms with Gasteiger partial charge in [-0.05, 0) is 24.6 Å². The zero-order valence-corrected chi connectivity index (χ0v) is 14.0. The third-order valence-electron chi connectivity index (χ3n) is 3.08. The van der Waals surface area contributed by atoms with Gasteiger partial charge in [0.25, 0.3) is 0 Å². The van der Waals surface area contributed by atoms with Crippen molar-refractivity contribution in [1.29, 1.82) is 0 Å². The van der Waals surface area contributed by atoms with Crippen LogP contribution < -0.4 is 10.1 Å². The molecule has 1 heterocycles. The van der Waals surface area contributed by atoms with E-state index < -0.39 is 0 Å². The normalized spacial score (nSPS) is 16.7. The lowest BCUT2D eigenvalue weighted by atomic mass is 10.1. The Bertz CT molecular complexity index is 447. The van der Waals surface area contributed by atoms with Crippen molar-refractivity contribution in [3.05, 3.63) is 29.8 Å². The van der Waals surface area contributed by atoms with Gasteiger partial charge < -0.3 is 14.8 Å². The maximum atomic E-state index is 12.2. The van der Waals surface area contributed by atoms with E-state index in [0.717, 1.165) is 22.8 Å². The minimum absolute atomic E-state index is 0.00653. The number of amides is 1. The van der Waals surface area contributed by atoms with Gasteiger partial charge >= 0.3 is 0 Å². The van der Waals surface area contributed by atoms with E-state index in [4.69, 9.17) is 9.47 Å². The lowest BCUT2D eigenvalue weighted by Crippen LogP contribution is -2.35. The topological polar surface area (TPSA) is 47.6 Å². The number of hydrogen-bond donors (Lipinski definition) is 1. The minimum atomic E-state index is -0.125. The molecule has 1 atom stereocenters. The average Bonchev–Trinajstić information content (AvgIpc) is 3.02. The highest BCUT2D eigenvalue weighted by Crippen LogP contribution is 2.32. The molecule has 1 saturated heterocycles. The van der Waals surface area contributed by atoms with Gasteiger partial charge in [0.2, 0.25) is 5.91 Å². The fourth-order valence-electron chi connectivity index (χ4n) is 2.10. The predicted octanol–water partition coefficient (Wildman–Crippen LogP) is 2.70. The van der Waals surface area contributed by atoms with Crippen LogP contribution in [0.3, 0.4) is 0 Å². The molecule has 1 aliphatic rings. The fourth-order valence-corrected chi connectivity index (χ4v) is 4.70. The molecule has 1 aromatic rings. The number of benzene rings is 1. The molecule has 2 rings (SSSR count). The van der Waals surface area contributed by atoms with Crippen LogP contribution in [-0.2, 0) is 9.53 Å². The zero-order chi connectivity index (χ0) is 15.1. The number of rotatable bonds is 7. The van der Waals surface area contributed by atoms with Crippen molar-refractivity contribution in [1.82, 2.24) is 5.32 Å². The van der Waals surface area contributed by atoms with Gasteiger partial charge in [-0.3, -0.25) is 4.79 Å². The fraction of sp³-hybridized carbons (Fsp3) is 0.533. The highest BCUT2D eigenvalue weighted by molar-refractivity contribution is 8.21. The Morgan fingerprint density at radius 3 is 2.57 bits per heavy atom. The maximum Gasteiger partial charge on any atom is 0.243 e. The first kappa shape index (κ1) is 16.5. The summed E-state index contributed by atoms with van der Waals surface area (Å²) < 4.78 is 10.7. The molecule has 1 aromatic carbocycles. The van der Waals surface area contributed by atoms with Crippen molar-refractivity contribution in [2.45, 2.75) is 17.5 Å². The van der Waals surface area contributed by atoms with Crippen LogP contribution in [0.4, 0.5) is 0 Å². The van der Waals surface area contributed by atoms with Crippen molar-refractivity contribution < 1.29 is 14.3 Å². The summed E-state index contributed by atoms with van der Waals surface area (Å²) in [6.45, 7) is 3.06. The highest BCUT2D eigenvalue weighted by Gasteiger charge is 2.26. The Kier molecular flexibility index (Phi) is 6.73. The van der Waals surface area contributed by atoms with E-state index in [2.05, 4.69) is 5.32 Å². The lowest BCUT2D eigenvalue weighted by Gasteiger charge is -2.20. The molecule has 1 fully saturated rings. The quantitative estimate of drug-likeness (QED) is 0.834. The molecule has 0 spiro atoms. The molecule has 6 heteroatoms. The Morgan fingerprint density at radius 2 is 2.00 bits per heavy atom. The molecule has 0 saturated carbocycles. The molecular weight excluding hydrogens is 306 g/mol. The molecule has 116 valence electrons. The highest BCUT2D eigenvalue weighted by atomic mass is 32.2. The van der Waals surface area contributed by atoms with Gasteiger partial charge in [0, 0.05) is 18.6 Å². The van der Waals surface area contributed by atoms with E-state index in [1.54, 1.807) is 30.6 Å². The summed E-state index contributed by atoms with van der Waals surface area (Å²) in [5, 5.41) is 3.08. The summed E-state index contributed by atoms with van der Waals surface area (Å²) in [5.41, 5.74) is 1.03. The van der Waals surface area contributed by atoms with E-state index >= 15 is 0 Å². The molecule has 0 radical (unpaired) electrons. The number of thioether (sulfide) groups is 2. The van der Waals surface area contributed by atoms with Crippen LogP contribution in [0.5, 0.6) is 5.75 Å². The minimum Gasteiger partial charge on any atom is -0.494 e. The summed E-state index contributed by atoms with van der Waals surface area (Å²) in [5.74, 6) is 3.01. The molecule has 4 nitrogen and oxygen atoms in total. The molecule has 21 heavy (non-hydrogen) atoms. The molecule has 0 aliphatic carbocycles. The van der Waals surface area contributed by atoms with Crippen LogP contribution >= 0.6 is 23.5 Å². The van der Waals surface area contributed by atoms with Crippen molar-refractivity contribution in [2.24, 2.45) is 0 Å². The predicted molar refractivity (Wildman–Crippen MR) is 89.1 cm³/mol. The van der Waals surface area contributed by atoms with Crippen molar-refractivity contribution >= 4 is 29.4 Å². The number of hydrogen-bond acceptors (Lipinski definition) is 5. The maximum absolute atomic E-state index is 12.2. The number of methoxy groups -OCH3 is 1. The summed E-state index contributed by atoms with van der Waals surface area (Å²) in [7, 11) is 1.65. The molecule has 0 unspecified atom stereocenters. The SMILES string of the molecule is CCOc1ccc([C@H](COC)NC(=O)C2SCCS2)cc1. The third-order valence-corrected chi connectivity index (χ3v) is 6.07. The number of nitrogens with one attached hydrogen (secondary N) is 1. The van der Waals surface area contributed by atoms with Crippen LogP contribution in [0.15, 0.2) is 24.3 Å². The molecule has 1 N–H and O–H groups in total. The van der Waals surface area contributed by atoms with Crippen molar-refractivity contribution in [3.63, 3.8) is 0 Å². The second kappa shape index (κ2) is 8.56. The Hall–Kier alpha value is -0.850. The summed E-state index contributed by atoms with van der Waals surface area (Å²) in [6.07, 6.45) is 0. The van der Waals surface area contributed by atoms with Crippen LogP contribution in [0, 0.1) is 0 Å². The molecule has 0 bridgehead atoms. The number of ether oxygens (including phenoxy) is 2. The number of carbonyl (C=O) groups is 1. The van der Waals surface area contributed by atoms with E-state index in [-0.39, 0.29) is 16.5 Å². The summed E-state index contributed by atoms with van der Waals surface area (Å²) in [6, 6.07) is 7.67. The van der Waals surface area contributed by atoms with Crippen LogP contribution in [-0.4, -0.2) is 42.3 Å². The van der Waals surface area contributed by atoms with Gasteiger partial charge in [-0.1, -0.05) is 12.1 Å².